The molecule has 0 saturated heterocycles. The number of nitrogens with zero attached hydrogens (tertiary/aromatic N) is 3. The molecule has 4 rings (SSSR count). The minimum atomic E-state index is -0.376. The van der Waals surface area contributed by atoms with Crippen molar-refractivity contribution in [2.75, 3.05) is 0 Å². The highest BCUT2D eigenvalue weighted by Gasteiger charge is 2.19. The minimum Gasteiger partial charge on any atom is -0.280 e. The molecule has 1 aliphatic carbocycles. The zero-order valence-electron chi connectivity index (χ0n) is 14.0. The molecule has 1 aromatic carbocycles. The molecule has 5 nitrogen and oxygen atoms in total. The van der Waals surface area contributed by atoms with Crippen LogP contribution in [0.4, 0.5) is 0 Å². The molecule has 3 aromatic rings. The summed E-state index contributed by atoms with van der Waals surface area (Å²) in [6.07, 6.45) is 8.04. The van der Waals surface area contributed by atoms with Crippen LogP contribution in [0.1, 0.15) is 11.6 Å². The van der Waals surface area contributed by atoms with Crippen molar-refractivity contribution in [3.05, 3.63) is 87.2 Å². The molecular formula is C20H17N3O2. The molecule has 0 radical (unpaired) electrons. The van der Waals surface area contributed by atoms with Crippen molar-refractivity contribution >= 4 is 11.0 Å². The molecule has 124 valence electrons. The Kier molecular flexibility index (Phi) is 3.50. The van der Waals surface area contributed by atoms with E-state index in [0.29, 0.717) is 11.0 Å². The summed E-state index contributed by atoms with van der Waals surface area (Å²) in [5.41, 5.74) is 2.26. The van der Waals surface area contributed by atoms with E-state index in [1.165, 1.54) is 11.6 Å². The molecule has 25 heavy (non-hydrogen) atoms. The normalized spacial score (nSPS) is 13.8. The van der Waals surface area contributed by atoms with Gasteiger partial charge in [-0.3, -0.25) is 13.9 Å². The summed E-state index contributed by atoms with van der Waals surface area (Å²) in [6, 6.07) is 11.7. The van der Waals surface area contributed by atoms with Gasteiger partial charge in [-0.15, -0.1) is 0 Å². The summed E-state index contributed by atoms with van der Waals surface area (Å²) in [6.45, 7) is 0. The lowest BCUT2D eigenvalue weighted by molar-refractivity contribution is 0.706. The minimum absolute atomic E-state index is 0.0472. The number of fused-ring (bicyclic) bond motifs is 1. The van der Waals surface area contributed by atoms with Gasteiger partial charge in [0.05, 0.1) is 11.1 Å². The Morgan fingerprint density at radius 1 is 0.960 bits per heavy atom. The predicted octanol–water partition coefficient (Wildman–Crippen LogP) is 2.51. The molecule has 0 bridgehead atoms. The fourth-order valence-corrected chi connectivity index (χ4v) is 3.22. The molecule has 2 heterocycles. The fraction of sp³-hybridized carbons (Fsp3) is 0.150. The van der Waals surface area contributed by atoms with Gasteiger partial charge in [-0.2, -0.15) is 0 Å². The van der Waals surface area contributed by atoms with Crippen molar-refractivity contribution in [1.82, 2.24) is 14.1 Å². The molecule has 0 unspecified atom stereocenters. The third kappa shape index (κ3) is 2.36. The van der Waals surface area contributed by atoms with Gasteiger partial charge < -0.3 is 0 Å². The van der Waals surface area contributed by atoms with Crippen LogP contribution in [0.25, 0.3) is 22.2 Å². The molecule has 5 heteroatoms. The second-order valence-electron chi connectivity index (χ2n) is 6.16. The van der Waals surface area contributed by atoms with Crippen molar-refractivity contribution in [2.24, 2.45) is 14.1 Å². The summed E-state index contributed by atoms with van der Waals surface area (Å²) >= 11 is 0. The van der Waals surface area contributed by atoms with Gasteiger partial charge in [0.1, 0.15) is 5.65 Å². The van der Waals surface area contributed by atoms with Crippen molar-refractivity contribution in [3.63, 3.8) is 0 Å². The lowest BCUT2D eigenvalue weighted by Gasteiger charge is -2.14. The van der Waals surface area contributed by atoms with Gasteiger partial charge in [0, 0.05) is 25.6 Å². The number of hydrogen-bond donors (Lipinski definition) is 0. The van der Waals surface area contributed by atoms with Gasteiger partial charge in [-0.25, -0.2) is 9.78 Å². The van der Waals surface area contributed by atoms with Crippen LogP contribution in [0.5, 0.6) is 0 Å². The lowest BCUT2D eigenvalue weighted by atomic mass is 9.98. The third-order valence-electron chi connectivity index (χ3n) is 4.60. The van der Waals surface area contributed by atoms with Crippen molar-refractivity contribution in [3.8, 4) is 11.1 Å². The first-order valence-electron chi connectivity index (χ1n) is 8.09. The molecule has 0 aliphatic heterocycles. The highest BCUT2D eigenvalue weighted by atomic mass is 16.2. The molecule has 0 atom stereocenters. The second-order valence-corrected chi connectivity index (χ2v) is 6.16. The first kappa shape index (κ1) is 15.3. The van der Waals surface area contributed by atoms with E-state index >= 15 is 0 Å². The maximum absolute atomic E-state index is 12.8. The van der Waals surface area contributed by atoms with Crippen LogP contribution in [0.15, 0.2) is 70.3 Å². The number of rotatable bonds is 2. The van der Waals surface area contributed by atoms with Gasteiger partial charge in [-0.05, 0) is 11.6 Å². The van der Waals surface area contributed by atoms with Crippen LogP contribution in [-0.2, 0) is 14.1 Å². The Balaban J connectivity index is 2.17. The van der Waals surface area contributed by atoms with Crippen molar-refractivity contribution in [2.45, 2.75) is 5.92 Å². The Morgan fingerprint density at radius 2 is 1.64 bits per heavy atom. The molecule has 0 fully saturated rings. The monoisotopic (exact) mass is 331 g/mol. The first-order chi connectivity index (χ1) is 12.1. The topological polar surface area (TPSA) is 56.9 Å². The molecule has 0 N–H and O–H groups in total. The van der Waals surface area contributed by atoms with Crippen LogP contribution in [-0.4, -0.2) is 14.1 Å². The van der Waals surface area contributed by atoms with Gasteiger partial charge in [0.2, 0.25) is 0 Å². The summed E-state index contributed by atoms with van der Waals surface area (Å²) in [7, 11) is 3.14. The summed E-state index contributed by atoms with van der Waals surface area (Å²) < 4.78 is 2.57. The molecule has 0 spiro atoms. The summed E-state index contributed by atoms with van der Waals surface area (Å²) in [4.78, 5) is 29.8. The smallest absolute Gasteiger partial charge is 0.280 e. The quantitative estimate of drug-likeness (QED) is 0.725. The maximum Gasteiger partial charge on any atom is 0.332 e. The van der Waals surface area contributed by atoms with E-state index in [1.54, 1.807) is 7.05 Å². The van der Waals surface area contributed by atoms with Crippen LogP contribution >= 0.6 is 0 Å². The molecule has 0 amide bonds. The van der Waals surface area contributed by atoms with E-state index < -0.39 is 0 Å². The number of aryl methyl sites for hydroxylation is 1. The molecular weight excluding hydrogens is 314 g/mol. The largest absolute Gasteiger partial charge is 0.332 e. The first-order valence-corrected chi connectivity index (χ1v) is 8.09. The van der Waals surface area contributed by atoms with E-state index in [0.717, 1.165) is 21.4 Å². The van der Waals surface area contributed by atoms with Crippen LogP contribution < -0.4 is 11.2 Å². The predicted molar refractivity (Wildman–Crippen MR) is 98.7 cm³/mol. The summed E-state index contributed by atoms with van der Waals surface area (Å²) in [5, 5.41) is 0.463. The molecule has 1 aliphatic rings. The second kappa shape index (κ2) is 5.70. The average Bonchev–Trinajstić information content (AvgIpc) is 3.19. The van der Waals surface area contributed by atoms with E-state index in [-0.39, 0.29) is 17.2 Å². The van der Waals surface area contributed by atoms with Crippen LogP contribution in [0, 0.1) is 0 Å². The Hall–Kier alpha value is -3.21. The lowest BCUT2D eigenvalue weighted by Crippen LogP contribution is -2.37. The van der Waals surface area contributed by atoms with Crippen molar-refractivity contribution in [1.29, 1.82) is 0 Å². The highest BCUT2D eigenvalue weighted by Crippen LogP contribution is 2.30. The van der Waals surface area contributed by atoms with E-state index in [9.17, 15) is 9.59 Å². The van der Waals surface area contributed by atoms with Gasteiger partial charge in [-0.1, -0.05) is 54.6 Å². The number of benzene rings is 1. The Morgan fingerprint density at radius 3 is 2.32 bits per heavy atom. The number of pyridine rings is 1. The zero-order chi connectivity index (χ0) is 17.6. The van der Waals surface area contributed by atoms with Crippen molar-refractivity contribution < 1.29 is 0 Å². The number of aromatic nitrogens is 3. The summed E-state index contributed by atoms with van der Waals surface area (Å²) in [5.74, 6) is 0.0472. The average molecular weight is 331 g/mol. The van der Waals surface area contributed by atoms with E-state index in [1.807, 2.05) is 60.7 Å². The standard InChI is InChI=1S/C20H17N3O2/c1-22-18-17(19(24)23(2)20(22)25)15(13-8-4-3-5-9-13)12-16(21-18)14-10-6-7-11-14/h3-12,14H,1-2H3. The molecule has 0 saturated carbocycles. The van der Waals surface area contributed by atoms with Crippen LogP contribution in [0.3, 0.4) is 0 Å². The number of hydrogen-bond acceptors (Lipinski definition) is 3. The molecule has 2 aromatic heterocycles. The zero-order valence-corrected chi connectivity index (χ0v) is 14.0. The number of allylic oxidation sites excluding steroid dienone is 4. The van der Waals surface area contributed by atoms with Gasteiger partial charge >= 0.3 is 5.69 Å². The van der Waals surface area contributed by atoms with Crippen LogP contribution in [0.2, 0.25) is 0 Å². The van der Waals surface area contributed by atoms with E-state index in [4.69, 9.17) is 0 Å². The highest BCUT2D eigenvalue weighted by molar-refractivity contribution is 5.92. The fourth-order valence-electron chi connectivity index (χ4n) is 3.22. The Labute approximate surface area is 144 Å². The van der Waals surface area contributed by atoms with Gasteiger partial charge in [0.15, 0.2) is 0 Å². The SMILES string of the molecule is Cn1c(=O)c2c(-c3ccccc3)cc(C3C=CC=C3)nc2n(C)c1=O. The Bertz CT molecular complexity index is 1140. The maximum atomic E-state index is 12.8. The van der Waals surface area contributed by atoms with Gasteiger partial charge in [0.25, 0.3) is 5.56 Å². The van der Waals surface area contributed by atoms with E-state index in [2.05, 4.69) is 4.98 Å². The third-order valence-corrected chi connectivity index (χ3v) is 4.60.